The van der Waals surface area contributed by atoms with Gasteiger partial charge in [-0.25, -0.2) is 9.78 Å². The number of rotatable bonds is 4. The number of nitrogens with zero attached hydrogens (tertiary/aromatic N) is 2. The van der Waals surface area contributed by atoms with Gasteiger partial charge in [-0.15, -0.1) is 0 Å². The molecule has 1 heterocycles. The van der Waals surface area contributed by atoms with Crippen LogP contribution in [0.1, 0.15) is 5.56 Å². The van der Waals surface area contributed by atoms with Crippen LogP contribution in [0.2, 0.25) is 0 Å². The molecule has 0 bridgehead atoms. The van der Waals surface area contributed by atoms with Gasteiger partial charge in [0.2, 0.25) is 0 Å². The lowest BCUT2D eigenvalue weighted by molar-refractivity contribution is -0.386. The van der Waals surface area contributed by atoms with Crippen LogP contribution in [0.3, 0.4) is 0 Å². The van der Waals surface area contributed by atoms with Crippen LogP contribution in [0.4, 0.5) is 5.69 Å². The number of methoxy groups -OCH3 is 2. The molecule has 7 heteroatoms. The first kappa shape index (κ1) is 12.6. The Kier molecular flexibility index (Phi) is 4.15. The highest BCUT2D eigenvalue weighted by atomic mass is 16.6. The van der Waals surface area contributed by atoms with Crippen LogP contribution in [-0.2, 0) is 9.53 Å². The third kappa shape index (κ3) is 3.26. The van der Waals surface area contributed by atoms with Gasteiger partial charge >= 0.3 is 11.7 Å². The van der Waals surface area contributed by atoms with Gasteiger partial charge in [0.15, 0.2) is 0 Å². The zero-order chi connectivity index (χ0) is 12.8. The molecule has 1 aromatic rings. The van der Waals surface area contributed by atoms with E-state index in [0.29, 0.717) is 5.56 Å². The van der Waals surface area contributed by atoms with E-state index in [2.05, 4.69) is 9.72 Å². The monoisotopic (exact) mass is 238 g/mol. The van der Waals surface area contributed by atoms with E-state index in [4.69, 9.17) is 4.74 Å². The topological polar surface area (TPSA) is 91.6 Å². The van der Waals surface area contributed by atoms with Gasteiger partial charge in [-0.05, 0) is 6.08 Å². The lowest BCUT2D eigenvalue weighted by atomic mass is 10.2. The molecule has 0 saturated carbocycles. The number of hydrogen-bond acceptors (Lipinski definition) is 6. The molecule has 0 aliphatic carbocycles. The van der Waals surface area contributed by atoms with Crippen molar-refractivity contribution in [2.75, 3.05) is 14.2 Å². The molecule has 90 valence electrons. The number of ether oxygens (including phenoxy) is 2. The van der Waals surface area contributed by atoms with Crippen LogP contribution in [0.15, 0.2) is 18.3 Å². The molecule has 1 rings (SSSR count). The van der Waals surface area contributed by atoms with Crippen LogP contribution in [0.5, 0.6) is 5.88 Å². The average Bonchev–Trinajstić information content (AvgIpc) is 2.35. The van der Waals surface area contributed by atoms with Gasteiger partial charge in [-0.2, -0.15) is 0 Å². The fourth-order valence-corrected chi connectivity index (χ4v) is 1.07. The summed E-state index contributed by atoms with van der Waals surface area (Å²) in [6.45, 7) is 0. The molecule has 0 aliphatic rings. The highest BCUT2D eigenvalue weighted by Crippen LogP contribution is 2.24. The molecule has 0 amide bonds. The number of carbonyl (C=O) groups excluding carboxylic acids is 1. The van der Waals surface area contributed by atoms with Crippen LogP contribution in [-0.4, -0.2) is 30.1 Å². The van der Waals surface area contributed by atoms with Crippen molar-refractivity contribution in [1.82, 2.24) is 4.98 Å². The van der Waals surface area contributed by atoms with Crippen molar-refractivity contribution in [3.63, 3.8) is 0 Å². The highest BCUT2D eigenvalue weighted by Gasteiger charge is 2.16. The van der Waals surface area contributed by atoms with Crippen molar-refractivity contribution in [1.29, 1.82) is 0 Å². The van der Waals surface area contributed by atoms with E-state index < -0.39 is 10.9 Å². The smallest absolute Gasteiger partial charge is 0.331 e. The van der Waals surface area contributed by atoms with E-state index in [1.807, 2.05) is 0 Å². The summed E-state index contributed by atoms with van der Waals surface area (Å²) in [6.07, 6.45) is 3.86. The Balaban J connectivity index is 3.04. The largest absolute Gasteiger partial charge is 0.476 e. The van der Waals surface area contributed by atoms with Crippen molar-refractivity contribution in [3.05, 3.63) is 34.0 Å². The number of carbonyl (C=O) groups is 1. The summed E-state index contributed by atoms with van der Waals surface area (Å²) in [4.78, 5) is 24.7. The van der Waals surface area contributed by atoms with Crippen molar-refractivity contribution < 1.29 is 19.2 Å². The minimum atomic E-state index is -0.610. The van der Waals surface area contributed by atoms with E-state index in [-0.39, 0.29) is 11.6 Å². The van der Waals surface area contributed by atoms with Crippen molar-refractivity contribution in [2.24, 2.45) is 0 Å². The number of pyridine rings is 1. The lowest BCUT2D eigenvalue weighted by Crippen LogP contribution is -1.97. The van der Waals surface area contributed by atoms with E-state index in [1.165, 1.54) is 32.6 Å². The summed E-state index contributed by atoms with van der Waals surface area (Å²) in [7, 11) is 2.53. The normalized spacial score (nSPS) is 10.2. The van der Waals surface area contributed by atoms with E-state index >= 15 is 0 Å². The fraction of sp³-hybridized carbons (Fsp3) is 0.200. The summed E-state index contributed by atoms with van der Waals surface area (Å²) in [6, 6.07) is 1.26. The second-order valence-electron chi connectivity index (χ2n) is 2.91. The molecule has 0 aromatic carbocycles. The predicted molar refractivity (Wildman–Crippen MR) is 58.5 cm³/mol. The molecule has 17 heavy (non-hydrogen) atoms. The first-order chi connectivity index (χ1) is 8.08. The summed E-state index contributed by atoms with van der Waals surface area (Å²) >= 11 is 0. The zero-order valence-electron chi connectivity index (χ0n) is 9.25. The van der Waals surface area contributed by atoms with E-state index in [0.717, 1.165) is 6.08 Å². The second-order valence-corrected chi connectivity index (χ2v) is 2.91. The molecule has 0 aliphatic heterocycles. The Bertz CT molecular complexity index is 470. The van der Waals surface area contributed by atoms with E-state index in [1.54, 1.807) is 0 Å². The molecule has 0 spiro atoms. The van der Waals surface area contributed by atoms with Gasteiger partial charge in [0, 0.05) is 23.9 Å². The average molecular weight is 238 g/mol. The quantitative estimate of drug-likeness (QED) is 0.338. The van der Waals surface area contributed by atoms with Gasteiger partial charge in [-0.1, -0.05) is 0 Å². The van der Waals surface area contributed by atoms with Crippen LogP contribution in [0, 0.1) is 10.1 Å². The molecule has 0 fully saturated rings. The third-order valence-electron chi connectivity index (χ3n) is 1.86. The minimum Gasteiger partial charge on any atom is -0.476 e. The second kappa shape index (κ2) is 5.59. The van der Waals surface area contributed by atoms with Crippen LogP contribution < -0.4 is 4.74 Å². The standard InChI is InChI=1S/C10H10N2O5/c1-16-9(13)4-3-7-5-8(12(14)15)10(17-2)11-6-7/h3-6H,1-2H3. The van der Waals surface area contributed by atoms with Crippen LogP contribution >= 0.6 is 0 Å². The maximum atomic E-state index is 10.8. The maximum absolute atomic E-state index is 10.8. The zero-order valence-corrected chi connectivity index (χ0v) is 9.25. The highest BCUT2D eigenvalue weighted by molar-refractivity contribution is 5.87. The van der Waals surface area contributed by atoms with Crippen molar-refractivity contribution in [2.45, 2.75) is 0 Å². The Hall–Kier alpha value is -2.44. The third-order valence-corrected chi connectivity index (χ3v) is 1.86. The van der Waals surface area contributed by atoms with Crippen molar-refractivity contribution in [3.8, 4) is 5.88 Å². The van der Waals surface area contributed by atoms with Gasteiger partial charge in [0.05, 0.1) is 19.1 Å². The molecule has 0 atom stereocenters. The number of nitro groups is 1. The molecule has 0 N–H and O–H groups in total. The van der Waals surface area contributed by atoms with Gasteiger partial charge in [0.25, 0.3) is 5.88 Å². The van der Waals surface area contributed by atoms with Gasteiger partial charge in [-0.3, -0.25) is 10.1 Å². The maximum Gasteiger partial charge on any atom is 0.331 e. The molecule has 0 saturated heterocycles. The summed E-state index contributed by atoms with van der Waals surface area (Å²) < 4.78 is 9.13. The molecule has 1 aromatic heterocycles. The first-order valence-corrected chi connectivity index (χ1v) is 4.53. The number of aromatic nitrogens is 1. The fourth-order valence-electron chi connectivity index (χ4n) is 1.07. The number of hydrogen-bond donors (Lipinski definition) is 0. The molecule has 0 radical (unpaired) electrons. The Morgan fingerprint density at radius 3 is 2.76 bits per heavy atom. The van der Waals surface area contributed by atoms with Gasteiger partial charge < -0.3 is 9.47 Å². The molecular weight excluding hydrogens is 228 g/mol. The first-order valence-electron chi connectivity index (χ1n) is 4.53. The van der Waals surface area contributed by atoms with Crippen molar-refractivity contribution >= 4 is 17.7 Å². The number of esters is 1. The minimum absolute atomic E-state index is 0.0785. The SMILES string of the molecule is COC(=O)C=Cc1cnc(OC)c([N+](=O)[O-])c1. The Morgan fingerprint density at radius 2 is 2.24 bits per heavy atom. The summed E-state index contributed by atoms with van der Waals surface area (Å²) in [5.74, 6) is -0.631. The molecule has 0 unspecified atom stereocenters. The molecule has 7 nitrogen and oxygen atoms in total. The Morgan fingerprint density at radius 1 is 1.53 bits per heavy atom. The molecular formula is C10H10N2O5. The lowest BCUT2D eigenvalue weighted by Gasteiger charge is -2.00. The summed E-state index contributed by atoms with van der Waals surface area (Å²) in [5, 5.41) is 10.7. The predicted octanol–water partition coefficient (Wildman–Crippen LogP) is 1.18. The Labute approximate surface area is 96.8 Å². The van der Waals surface area contributed by atoms with Crippen LogP contribution in [0.25, 0.3) is 6.08 Å². The summed E-state index contributed by atoms with van der Waals surface area (Å²) in [5.41, 5.74) is 0.141. The van der Waals surface area contributed by atoms with E-state index in [9.17, 15) is 14.9 Å². The van der Waals surface area contributed by atoms with Gasteiger partial charge in [0.1, 0.15) is 0 Å².